The second-order valence-electron chi connectivity index (χ2n) is 4.88. The predicted octanol–water partition coefficient (Wildman–Crippen LogP) is 1.29. The number of H-pyrrole nitrogens is 2. The highest BCUT2D eigenvalue weighted by Crippen LogP contribution is 2.16. The van der Waals surface area contributed by atoms with Gasteiger partial charge in [0.25, 0.3) is 5.91 Å². The van der Waals surface area contributed by atoms with Gasteiger partial charge in [0.1, 0.15) is 5.82 Å². The summed E-state index contributed by atoms with van der Waals surface area (Å²) in [4.78, 5) is 30.5. The molecule has 1 amide bonds. The van der Waals surface area contributed by atoms with Crippen LogP contribution in [0.5, 0.6) is 0 Å². The molecular formula is C14H15N5O3. The maximum absolute atomic E-state index is 12.4. The van der Waals surface area contributed by atoms with E-state index in [2.05, 4.69) is 25.5 Å². The molecule has 8 heteroatoms. The van der Waals surface area contributed by atoms with Gasteiger partial charge in [-0.05, 0) is 19.1 Å². The van der Waals surface area contributed by atoms with Gasteiger partial charge in [-0.1, -0.05) is 13.0 Å². The summed E-state index contributed by atoms with van der Waals surface area (Å²) in [6.45, 7) is 3.75. The summed E-state index contributed by atoms with van der Waals surface area (Å²) in [5, 5.41) is 9.68. The van der Waals surface area contributed by atoms with E-state index in [0.29, 0.717) is 22.5 Å². The van der Waals surface area contributed by atoms with Crippen molar-refractivity contribution in [2.45, 2.75) is 26.3 Å². The Labute approximate surface area is 124 Å². The topological polar surface area (TPSA) is 117 Å². The lowest BCUT2D eigenvalue weighted by molar-refractivity contribution is 0.0940. The number of aryl methyl sites for hydroxylation is 1. The minimum absolute atomic E-state index is 0.335. The molecule has 0 spiro atoms. The van der Waals surface area contributed by atoms with E-state index in [9.17, 15) is 9.59 Å². The van der Waals surface area contributed by atoms with E-state index in [-0.39, 0.29) is 11.9 Å². The van der Waals surface area contributed by atoms with Crippen LogP contribution in [0, 0.1) is 0 Å². The Morgan fingerprint density at radius 2 is 2.27 bits per heavy atom. The van der Waals surface area contributed by atoms with Crippen LogP contribution in [0.1, 0.15) is 41.9 Å². The molecule has 1 atom stereocenters. The third-order valence-electron chi connectivity index (χ3n) is 3.32. The van der Waals surface area contributed by atoms with Crippen molar-refractivity contribution in [1.29, 1.82) is 0 Å². The molecule has 0 aliphatic heterocycles. The van der Waals surface area contributed by atoms with Gasteiger partial charge in [0.2, 0.25) is 0 Å². The number of aromatic amines is 2. The second-order valence-corrected chi connectivity index (χ2v) is 4.88. The lowest BCUT2D eigenvalue weighted by Gasteiger charge is -2.10. The first kappa shape index (κ1) is 14.1. The summed E-state index contributed by atoms with van der Waals surface area (Å²) in [5.41, 5.74) is 1.05. The normalized spacial score (nSPS) is 12.5. The number of nitrogens with zero attached hydrogens (tertiary/aromatic N) is 2. The first-order chi connectivity index (χ1) is 10.6. The summed E-state index contributed by atoms with van der Waals surface area (Å²) in [5.74, 6) is 0.346. The van der Waals surface area contributed by atoms with Crippen molar-refractivity contribution in [3.63, 3.8) is 0 Å². The van der Waals surface area contributed by atoms with Crippen LogP contribution in [0.4, 0.5) is 0 Å². The molecule has 22 heavy (non-hydrogen) atoms. The van der Waals surface area contributed by atoms with E-state index < -0.39 is 5.76 Å². The molecule has 0 saturated carbocycles. The molecule has 114 valence electrons. The molecule has 0 aliphatic rings. The van der Waals surface area contributed by atoms with Crippen molar-refractivity contribution in [3.8, 4) is 0 Å². The maximum Gasteiger partial charge on any atom is 0.417 e. The molecule has 1 unspecified atom stereocenters. The fourth-order valence-electron chi connectivity index (χ4n) is 2.16. The molecule has 0 saturated heterocycles. The highest BCUT2D eigenvalue weighted by Gasteiger charge is 2.18. The van der Waals surface area contributed by atoms with Crippen LogP contribution in [0.3, 0.4) is 0 Å². The Bertz CT molecular complexity index is 876. The Hall–Kier alpha value is -2.90. The standard InChI is InChI=1S/C14H15N5O3/c1-3-10-16-12(19-18-10)7(2)15-13(20)8-5-4-6-9-11(8)17-14(21)22-9/h4-7H,3H2,1-2H3,(H,15,20)(H,17,21)(H,16,18,19). The summed E-state index contributed by atoms with van der Waals surface area (Å²) in [7, 11) is 0. The Balaban J connectivity index is 1.85. The van der Waals surface area contributed by atoms with Crippen LogP contribution in [0.15, 0.2) is 27.4 Å². The van der Waals surface area contributed by atoms with E-state index in [1.54, 1.807) is 25.1 Å². The first-order valence-corrected chi connectivity index (χ1v) is 6.92. The van der Waals surface area contributed by atoms with Crippen LogP contribution in [-0.4, -0.2) is 26.1 Å². The van der Waals surface area contributed by atoms with Gasteiger partial charge in [-0.2, -0.15) is 5.10 Å². The highest BCUT2D eigenvalue weighted by atomic mass is 16.4. The van der Waals surface area contributed by atoms with Gasteiger partial charge in [-0.3, -0.25) is 14.9 Å². The lowest BCUT2D eigenvalue weighted by Crippen LogP contribution is -2.27. The SMILES string of the molecule is CCc1nc(C(C)NC(=O)c2cccc3oc(=O)[nH]c23)n[nH]1. The Morgan fingerprint density at radius 1 is 1.45 bits per heavy atom. The van der Waals surface area contributed by atoms with Crippen molar-refractivity contribution in [3.05, 3.63) is 46.0 Å². The molecule has 0 bridgehead atoms. The van der Waals surface area contributed by atoms with Gasteiger partial charge in [-0.15, -0.1) is 0 Å². The van der Waals surface area contributed by atoms with E-state index >= 15 is 0 Å². The number of nitrogens with one attached hydrogen (secondary N) is 3. The number of carbonyl (C=O) groups is 1. The smallest absolute Gasteiger partial charge is 0.408 e. The van der Waals surface area contributed by atoms with Crippen molar-refractivity contribution >= 4 is 17.0 Å². The number of rotatable bonds is 4. The molecule has 0 fully saturated rings. The molecule has 3 N–H and O–H groups in total. The first-order valence-electron chi connectivity index (χ1n) is 6.92. The quantitative estimate of drug-likeness (QED) is 0.671. The van der Waals surface area contributed by atoms with E-state index in [0.717, 1.165) is 12.2 Å². The summed E-state index contributed by atoms with van der Waals surface area (Å²) in [6, 6.07) is 4.53. The zero-order chi connectivity index (χ0) is 15.7. The van der Waals surface area contributed by atoms with Crippen molar-refractivity contribution in [2.75, 3.05) is 0 Å². The summed E-state index contributed by atoms with van der Waals surface area (Å²) in [6.07, 6.45) is 0.739. The van der Waals surface area contributed by atoms with Crippen LogP contribution < -0.4 is 11.1 Å². The van der Waals surface area contributed by atoms with Gasteiger partial charge in [0.15, 0.2) is 11.4 Å². The fraction of sp³-hybridized carbons (Fsp3) is 0.286. The Morgan fingerprint density at radius 3 is 3.00 bits per heavy atom. The Kier molecular flexibility index (Phi) is 3.50. The van der Waals surface area contributed by atoms with Gasteiger partial charge < -0.3 is 9.73 Å². The number of para-hydroxylation sites is 1. The van der Waals surface area contributed by atoms with Crippen LogP contribution in [-0.2, 0) is 6.42 Å². The van der Waals surface area contributed by atoms with Crippen LogP contribution in [0.25, 0.3) is 11.1 Å². The number of hydrogen-bond donors (Lipinski definition) is 3. The molecule has 3 aromatic rings. The van der Waals surface area contributed by atoms with Crippen molar-refractivity contribution < 1.29 is 9.21 Å². The average molecular weight is 301 g/mol. The van der Waals surface area contributed by atoms with E-state index in [1.807, 2.05) is 6.92 Å². The average Bonchev–Trinajstić information content (AvgIpc) is 3.11. The fourth-order valence-corrected chi connectivity index (χ4v) is 2.16. The van der Waals surface area contributed by atoms with E-state index in [4.69, 9.17) is 4.42 Å². The maximum atomic E-state index is 12.4. The molecule has 2 aromatic heterocycles. The van der Waals surface area contributed by atoms with Crippen molar-refractivity contribution in [2.24, 2.45) is 0 Å². The summed E-state index contributed by atoms with van der Waals surface area (Å²) >= 11 is 0. The monoisotopic (exact) mass is 301 g/mol. The lowest BCUT2D eigenvalue weighted by atomic mass is 10.1. The number of oxazole rings is 1. The third-order valence-corrected chi connectivity index (χ3v) is 3.32. The second kappa shape index (κ2) is 5.47. The molecular weight excluding hydrogens is 286 g/mol. The number of aromatic nitrogens is 4. The molecule has 0 aliphatic carbocycles. The number of benzene rings is 1. The number of amides is 1. The van der Waals surface area contributed by atoms with Gasteiger partial charge in [0.05, 0.1) is 17.1 Å². The minimum Gasteiger partial charge on any atom is -0.408 e. The van der Waals surface area contributed by atoms with Gasteiger partial charge >= 0.3 is 5.76 Å². The highest BCUT2D eigenvalue weighted by molar-refractivity contribution is 6.04. The number of carbonyl (C=O) groups excluding carboxylic acids is 1. The predicted molar refractivity (Wildman–Crippen MR) is 78.5 cm³/mol. The van der Waals surface area contributed by atoms with Crippen LogP contribution >= 0.6 is 0 Å². The van der Waals surface area contributed by atoms with Crippen LogP contribution in [0.2, 0.25) is 0 Å². The van der Waals surface area contributed by atoms with Gasteiger partial charge in [0, 0.05) is 6.42 Å². The zero-order valence-electron chi connectivity index (χ0n) is 12.1. The van der Waals surface area contributed by atoms with Gasteiger partial charge in [-0.25, -0.2) is 9.78 Å². The molecule has 3 rings (SSSR count). The molecule has 1 aromatic carbocycles. The molecule has 2 heterocycles. The summed E-state index contributed by atoms with van der Waals surface area (Å²) < 4.78 is 4.95. The van der Waals surface area contributed by atoms with Crippen molar-refractivity contribution in [1.82, 2.24) is 25.5 Å². The van der Waals surface area contributed by atoms with E-state index in [1.165, 1.54) is 0 Å². The number of hydrogen-bond acceptors (Lipinski definition) is 5. The zero-order valence-corrected chi connectivity index (χ0v) is 12.1. The third kappa shape index (κ3) is 2.50. The largest absolute Gasteiger partial charge is 0.417 e. The molecule has 8 nitrogen and oxygen atoms in total. The number of fused-ring (bicyclic) bond motifs is 1. The minimum atomic E-state index is -0.593. The molecule has 0 radical (unpaired) electrons.